The van der Waals surface area contributed by atoms with E-state index in [1.807, 2.05) is 18.2 Å². The van der Waals surface area contributed by atoms with Crippen LogP contribution in [-0.2, 0) is 11.3 Å². The summed E-state index contributed by atoms with van der Waals surface area (Å²) in [4.78, 5) is 21.7. The van der Waals surface area contributed by atoms with Gasteiger partial charge in [0.15, 0.2) is 5.13 Å². The summed E-state index contributed by atoms with van der Waals surface area (Å²) in [5.74, 6) is 1.40. The molecular formula is C19H24N8OS. The van der Waals surface area contributed by atoms with Gasteiger partial charge in [-0.05, 0) is 25.1 Å². The maximum atomic E-state index is 5.46. The van der Waals surface area contributed by atoms with Crippen LogP contribution in [0.2, 0.25) is 0 Å². The molecule has 3 aromatic heterocycles. The Morgan fingerprint density at radius 1 is 1.24 bits per heavy atom. The number of nitrogens with one attached hydrogen (secondary N) is 3. The molecule has 1 atom stereocenters. The molecule has 5 heterocycles. The molecule has 0 spiro atoms. The quantitative estimate of drug-likeness (QED) is 0.560. The van der Waals surface area contributed by atoms with Gasteiger partial charge in [0, 0.05) is 44.5 Å². The van der Waals surface area contributed by atoms with Crippen LogP contribution in [0.15, 0.2) is 24.4 Å². The van der Waals surface area contributed by atoms with Crippen molar-refractivity contribution in [1.29, 1.82) is 0 Å². The van der Waals surface area contributed by atoms with E-state index in [0.29, 0.717) is 12.0 Å². The summed E-state index contributed by atoms with van der Waals surface area (Å²) in [6.45, 7) is 6.12. The molecule has 0 amide bonds. The Labute approximate surface area is 172 Å². The average molecular weight is 413 g/mol. The minimum Gasteiger partial charge on any atom is -0.379 e. The summed E-state index contributed by atoms with van der Waals surface area (Å²) in [5.41, 5.74) is 1.87. The van der Waals surface area contributed by atoms with Crippen LogP contribution < -0.4 is 16.0 Å². The Balaban J connectivity index is 1.39. The fourth-order valence-corrected chi connectivity index (χ4v) is 4.40. The summed E-state index contributed by atoms with van der Waals surface area (Å²) in [7, 11) is 0. The summed E-state index contributed by atoms with van der Waals surface area (Å²) < 4.78 is 5.46. The number of hydrogen-bond donors (Lipinski definition) is 3. The third-order valence-electron chi connectivity index (χ3n) is 5.06. The largest absolute Gasteiger partial charge is 0.379 e. The number of pyridine rings is 1. The topological polar surface area (TPSA) is 100 Å². The third kappa shape index (κ3) is 4.61. The molecule has 0 aromatic carbocycles. The number of anilines is 3. The van der Waals surface area contributed by atoms with Crippen LogP contribution in [-0.4, -0.2) is 70.3 Å². The molecule has 29 heavy (non-hydrogen) atoms. The molecule has 3 N–H and O–H groups in total. The van der Waals surface area contributed by atoms with Crippen LogP contribution in [0.5, 0.6) is 0 Å². The lowest BCUT2D eigenvalue weighted by Gasteiger charge is -2.26. The van der Waals surface area contributed by atoms with Crippen molar-refractivity contribution in [3.63, 3.8) is 0 Å². The van der Waals surface area contributed by atoms with Crippen molar-refractivity contribution in [2.75, 3.05) is 50.0 Å². The van der Waals surface area contributed by atoms with Gasteiger partial charge in [0.25, 0.3) is 0 Å². The molecule has 0 radical (unpaired) electrons. The molecule has 0 saturated carbocycles. The molecule has 2 aliphatic rings. The lowest BCUT2D eigenvalue weighted by molar-refractivity contribution is 0.0336. The van der Waals surface area contributed by atoms with E-state index in [0.717, 1.165) is 79.3 Å². The molecule has 9 nitrogen and oxygen atoms in total. The zero-order valence-corrected chi connectivity index (χ0v) is 16.9. The van der Waals surface area contributed by atoms with Gasteiger partial charge in [-0.1, -0.05) is 11.3 Å². The third-order valence-corrected chi connectivity index (χ3v) is 5.96. The van der Waals surface area contributed by atoms with Crippen LogP contribution in [0.25, 0.3) is 10.3 Å². The second-order valence-electron chi connectivity index (χ2n) is 7.26. The van der Waals surface area contributed by atoms with Gasteiger partial charge in [0.1, 0.15) is 16.2 Å². The molecular weight excluding hydrogens is 388 g/mol. The van der Waals surface area contributed by atoms with Crippen LogP contribution in [0.4, 0.5) is 16.9 Å². The zero-order valence-electron chi connectivity index (χ0n) is 16.1. The van der Waals surface area contributed by atoms with Crippen molar-refractivity contribution in [2.45, 2.75) is 19.0 Å². The van der Waals surface area contributed by atoms with Gasteiger partial charge < -0.3 is 20.7 Å². The molecule has 152 valence electrons. The highest BCUT2D eigenvalue weighted by molar-refractivity contribution is 7.21. The Kier molecular flexibility index (Phi) is 5.48. The Morgan fingerprint density at radius 2 is 2.17 bits per heavy atom. The van der Waals surface area contributed by atoms with E-state index in [1.54, 1.807) is 6.20 Å². The van der Waals surface area contributed by atoms with Gasteiger partial charge >= 0.3 is 0 Å². The average Bonchev–Trinajstić information content (AvgIpc) is 3.37. The molecule has 0 bridgehead atoms. The number of aromatic nitrogens is 4. The van der Waals surface area contributed by atoms with Crippen LogP contribution in [0.1, 0.15) is 12.1 Å². The highest BCUT2D eigenvalue weighted by atomic mass is 32.1. The van der Waals surface area contributed by atoms with E-state index >= 15 is 0 Å². The van der Waals surface area contributed by atoms with E-state index < -0.39 is 0 Å². The number of hydrogen-bond acceptors (Lipinski definition) is 10. The van der Waals surface area contributed by atoms with Crippen LogP contribution >= 0.6 is 11.3 Å². The number of morpholine rings is 1. The summed E-state index contributed by atoms with van der Waals surface area (Å²) in [5, 5.41) is 11.0. The van der Waals surface area contributed by atoms with Crippen molar-refractivity contribution in [3.05, 3.63) is 30.1 Å². The number of nitrogens with zero attached hydrogens (tertiary/aromatic N) is 5. The lowest BCUT2D eigenvalue weighted by Crippen LogP contribution is -2.36. The first kappa shape index (κ1) is 18.6. The Bertz CT molecular complexity index is 935. The molecule has 0 aliphatic carbocycles. The minimum atomic E-state index is 0.355. The van der Waals surface area contributed by atoms with Gasteiger partial charge in [-0.3, -0.25) is 4.90 Å². The van der Waals surface area contributed by atoms with Gasteiger partial charge in [-0.25, -0.2) is 15.0 Å². The van der Waals surface area contributed by atoms with Gasteiger partial charge in [-0.15, -0.1) is 0 Å². The number of ether oxygens (including phenoxy) is 1. The first-order valence-corrected chi connectivity index (χ1v) is 10.8. The lowest BCUT2D eigenvalue weighted by atomic mass is 10.3. The SMILES string of the molecule is c1cnc2sc(Nc3cc(CN4CCOCC4)nc(NC4CCNC4)n3)nc2c1. The van der Waals surface area contributed by atoms with E-state index in [-0.39, 0.29) is 0 Å². The standard InChI is InChI=1S/C19H24N8OS/c1-2-15-17(21-4-1)29-19(24-15)26-16-10-14(12-27-6-8-28-9-7-27)23-18(25-16)22-13-3-5-20-11-13/h1-2,4,10,13,20H,3,5-9,11-12H2,(H2,22,23,24,25,26). The summed E-state index contributed by atoms with van der Waals surface area (Å²) >= 11 is 1.52. The van der Waals surface area contributed by atoms with E-state index in [4.69, 9.17) is 14.7 Å². The van der Waals surface area contributed by atoms with Crippen molar-refractivity contribution in [1.82, 2.24) is 30.2 Å². The number of fused-ring (bicyclic) bond motifs is 1. The molecule has 2 fully saturated rings. The minimum absolute atomic E-state index is 0.355. The van der Waals surface area contributed by atoms with Gasteiger partial charge in [-0.2, -0.15) is 4.98 Å². The van der Waals surface area contributed by atoms with Crippen LogP contribution in [0.3, 0.4) is 0 Å². The summed E-state index contributed by atoms with van der Waals surface area (Å²) in [6, 6.07) is 6.23. The maximum Gasteiger partial charge on any atom is 0.225 e. The molecule has 2 saturated heterocycles. The predicted molar refractivity (Wildman–Crippen MR) is 114 cm³/mol. The fraction of sp³-hybridized carbons (Fsp3) is 0.474. The number of thiazole rings is 1. The van der Waals surface area contributed by atoms with Gasteiger partial charge in [0.2, 0.25) is 5.95 Å². The van der Waals surface area contributed by atoms with Crippen molar-refractivity contribution < 1.29 is 4.74 Å². The van der Waals surface area contributed by atoms with E-state index in [9.17, 15) is 0 Å². The van der Waals surface area contributed by atoms with Crippen LogP contribution in [0, 0.1) is 0 Å². The fourth-order valence-electron chi connectivity index (χ4n) is 3.59. The molecule has 1 unspecified atom stereocenters. The van der Waals surface area contributed by atoms with E-state index in [1.165, 1.54) is 11.3 Å². The van der Waals surface area contributed by atoms with Crippen molar-refractivity contribution >= 4 is 38.6 Å². The normalized spacial score (nSPS) is 20.2. The predicted octanol–water partition coefficient (Wildman–Crippen LogP) is 1.83. The Morgan fingerprint density at radius 3 is 3.00 bits per heavy atom. The number of rotatable bonds is 6. The Hall–Kier alpha value is -2.40. The molecule has 10 heteroatoms. The monoisotopic (exact) mass is 412 g/mol. The van der Waals surface area contributed by atoms with Crippen molar-refractivity contribution in [3.8, 4) is 0 Å². The summed E-state index contributed by atoms with van der Waals surface area (Å²) in [6.07, 6.45) is 2.86. The highest BCUT2D eigenvalue weighted by Gasteiger charge is 2.18. The smallest absolute Gasteiger partial charge is 0.225 e. The first-order valence-electron chi connectivity index (χ1n) is 9.96. The van der Waals surface area contributed by atoms with E-state index in [2.05, 4.69) is 30.8 Å². The maximum absolute atomic E-state index is 5.46. The first-order chi connectivity index (χ1) is 14.3. The zero-order chi connectivity index (χ0) is 19.5. The second kappa shape index (κ2) is 8.54. The molecule has 3 aromatic rings. The van der Waals surface area contributed by atoms with Crippen molar-refractivity contribution in [2.24, 2.45) is 0 Å². The highest BCUT2D eigenvalue weighted by Crippen LogP contribution is 2.26. The second-order valence-corrected chi connectivity index (χ2v) is 8.24. The van der Waals surface area contributed by atoms with Gasteiger partial charge in [0.05, 0.1) is 18.9 Å². The molecule has 5 rings (SSSR count). The molecule has 2 aliphatic heterocycles.